The molecule has 2 rings (SSSR count). The van der Waals surface area contributed by atoms with Gasteiger partial charge in [-0.2, -0.15) is 0 Å². The second kappa shape index (κ2) is 8.27. The predicted molar refractivity (Wildman–Crippen MR) is 89.3 cm³/mol. The Morgan fingerprint density at radius 3 is 2.00 bits per heavy atom. The molecular formula is C18H21F2N3. The number of nitrogens with zero attached hydrogens (tertiary/aromatic N) is 2. The van der Waals surface area contributed by atoms with Gasteiger partial charge in [-0.25, -0.2) is 8.78 Å². The van der Waals surface area contributed by atoms with Gasteiger partial charge in [0, 0.05) is 27.2 Å². The van der Waals surface area contributed by atoms with Crippen LogP contribution in [0.25, 0.3) is 0 Å². The minimum Gasteiger partial charge on any atom is -0.356 e. The van der Waals surface area contributed by atoms with E-state index in [0.29, 0.717) is 13.1 Å². The van der Waals surface area contributed by atoms with Crippen LogP contribution in [0.15, 0.2) is 53.5 Å². The number of hydrogen-bond donors (Lipinski definition) is 1. The zero-order valence-corrected chi connectivity index (χ0v) is 13.4. The van der Waals surface area contributed by atoms with Gasteiger partial charge >= 0.3 is 0 Å². The summed E-state index contributed by atoms with van der Waals surface area (Å²) in [7, 11) is 3.65. The fraction of sp³-hybridized carbons (Fsp3) is 0.278. The predicted octanol–water partition coefficient (Wildman–Crippen LogP) is 3.21. The Balaban J connectivity index is 1.84. The molecule has 0 bridgehead atoms. The first-order valence-electron chi connectivity index (χ1n) is 7.49. The quantitative estimate of drug-likeness (QED) is 0.677. The van der Waals surface area contributed by atoms with Crippen molar-refractivity contribution in [3.8, 4) is 0 Å². The molecule has 0 aliphatic carbocycles. The number of hydrogen-bond acceptors (Lipinski definition) is 1. The van der Waals surface area contributed by atoms with E-state index >= 15 is 0 Å². The smallest absolute Gasteiger partial charge is 0.193 e. The number of guanidine groups is 1. The Hall–Kier alpha value is -2.43. The van der Waals surface area contributed by atoms with Gasteiger partial charge in [0.15, 0.2) is 5.96 Å². The van der Waals surface area contributed by atoms with Crippen LogP contribution in [0.2, 0.25) is 0 Å². The van der Waals surface area contributed by atoms with Crippen LogP contribution in [0.5, 0.6) is 0 Å². The number of rotatable bonds is 5. The van der Waals surface area contributed by atoms with Crippen molar-refractivity contribution < 1.29 is 8.78 Å². The van der Waals surface area contributed by atoms with E-state index < -0.39 is 0 Å². The molecule has 0 heterocycles. The molecule has 3 nitrogen and oxygen atoms in total. The van der Waals surface area contributed by atoms with Gasteiger partial charge in [0.05, 0.1) is 0 Å². The molecule has 0 aliphatic rings. The van der Waals surface area contributed by atoms with Crippen LogP contribution in [-0.4, -0.2) is 31.5 Å². The Morgan fingerprint density at radius 2 is 1.48 bits per heavy atom. The topological polar surface area (TPSA) is 27.6 Å². The average molecular weight is 317 g/mol. The average Bonchev–Trinajstić information content (AvgIpc) is 2.55. The molecule has 0 spiro atoms. The van der Waals surface area contributed by atoms with Crippen LogP contribution >= 0.6 is 0 Å². The maximum atomic E-state index is 12.9. The van der Waals surface area contributed by atoms with Gasteiger partial charge in [-0.15, -0.1) is 0 Å². The molecule has 0 radical (unpaired) electrons. The largest absolute Gasteiger partial charge is 0.356 e. The first kappa shape index (κ1) is 16.9. The summed E-state index contributed by atoms with van der Waals surface area (Å²) in [4.78, 5) is 6.21. The highest BCUT2D eigenvalue weighted by Gasteiger charge is 2.06. The molecule has 23 heavy (non-hydrogen) atoms. The first-order chi connectivity index (χ1) is 11.1. The second-order valence-corrected chi connectivity index (χ2v) is 5.33. The van der Waals surface area contributed by atoms with E-state index in [2.05, 4.69) is 10.3 Å². The van der Waals surface area contributed by atoms with Crippen LogP contribution in [0.1, 0.15) is 11.1 Å². The van der Waals surface area contributed by atoms with Gasteiger partial charge in [-0.05, 0) is 41.8 Å². The number of nitrogens with one attached hydrogen (secondary N) is 1. The number of aliphatic imine (C=N–C) groups is 1. The summed E-state index contributed by atoms with van der Waals surface area (Å²) in [6.07, 6.45) is 0.781. The number of benzene rings is 2. The summed E-state index contributed by atoms with van der Waals surface area (Å²) in [6.45, 7) is 1.34. The molecule has 0 aliphatic heterocycles. The summed E-state index contributed by atoms with van der Waals surface area (Å²) >= 11 is 0. The summed E-state index contributed by atoms with van der Waals surface area (Å²) < 4.78 is 25.8. The van der Waals surface area contributed by atoms with E-state index in [4.69, 9.17) is 0 Å². The maximum absolute atomic E-state index is 12.9. The highest BCUT2D eigenvalue weighted by molar-refractivity contribution is 5.79. The lowest BCUT2D eigenvalue weighted by Crippen LogP contribution is -2.39. The zero-order valence-electron chi connectivity index (χ0n) is 13.4. The van der Waals surface area contributed by atoms with E-state index in [1.54, 1.807) is 31.3 Å². The van der Waals surface area contributed by atoms with Gasteiger partial charge in [0.25, 0.3) is 0 Å². The SMILES string of the molecule is CN=C(NCCc1ccc(F)cc1)N(C)Cc1ccc(F)cc1. The maximum Gasteiger partial charge on any atom is 0.193 e. The standard InChI is InChI=1S/C18H21F2N3/c1-21-18(22-12-11-14-3-7-16(19)8-4-14)23(2)13-15-5-9-17(20)10-6-15/h3-10H,11-13H2,1-2H3,(H,21,22). The Bertz CT molecular complexity index is 636. The molecule has 0 atom stereocenters. The van der Waals surface area contributed by atoms with E-state index in [9.17, 15) is 8.78 Å². The Kier molecular flexibility index (Phi) is 6.09. The molecule has 5 heteroatoms. The summed E-state index contributed by atoms with van der Waals surface area (Å²) in [6, 6.07) is 12.9. The number of halogens is 2. The first-order valence-corrected chi connectivity index (χ1v) is 7.49. The lowest BCUT2D eigenvalue weighted by Gasteiger charge is -2.22. The van der Waals surface area contributed by atoms with Gasteiger partial charge in [-0.3, -0.25) is 4.99 Å². The van der Waals surface area contributed by atoms with E-state index in [-0.39, 0.29) is 11.6 Å². The van der Waals surface area contributed by atoms with E-state index in [1.807, 2.05) is 11.9 Å². The van der Waals surface area contributed by atoms with Crippen molar-refractivity contribution in [1.82, 2.24) is 10.2 Å². The minimum absolute atomic E-state index is 0.225. The van der Waals surface area contributed by atoms with Crippen LogP contribution < -0.4 is 5.32 Å². The monoisotopic (exact) mass is 317 g/mol. The zero-order chi connectivity index (χ0) is 16.7. The Labute approximate surface area is 135 Å². The molecule has 2 aromatic carbocycles. The van der Waals surface area contributed by atoms with Gasteiger partial charge < -0.3 is 10.2 Å². The molecule has 2 aromatic rings. The minimum atomic E-state index is -0.238. The van der Waals surface area contributed by atoms with Gasteiger partial charge in [0.2, 0.25) is 0 Å². The molecule has 0 saturated heterocycles. The van der Waals surface area contributed by atoms with Crippen LogP contribution in [0.4, 0.5) is 8.78 Å². The third-order valence-corrected chi connectivity index (χ3v) is 3.52. The fourth-order valence-electron chi connectivity index (χ4n) is 2.29. The lowest BCUT2D eigenvalue weighted by molar-refractivity contribution is 0.476. The van der Waals surface area contributed by atoms with Crippen molar-refractivity contribution >= 4 is 5.96 Å². The Morgan fingerprint density at radius 1 is 0.957 bits per heavy atom. The third kappa shape index (κ3) is 5.36. The second-order valence-electron chi connectivity index (χ2n) is 5.33. The van der Waals surface area contributed by atoms with E-state index in [1.165, 1.54) is 24.3 Å². The fourth-order valence-corrected chi connectivity index (χ4v) is 2.29. The van der Waals surface area contributed by atoms with Gasteiger partial charge in [0.1, 0.15) is 11.6 Å². The van der Waals surface area contributed by atoms with Crippen LogP contribution in [0, 0.1) is 11.6 Å². The third-order valence-electron chi connectivity index (χ3n) is 3.52. The van der Waals surface area contributed by atoms with Crippen LogP contribution in [-0.2, 0) is 13.0 Å². The highest BCUT2D eigenvalue weighted by atomic mass is 19.1. The highest BCUT2D eigenvalue weighted by Crippen LogP contribution is 2.06. The normalized spacial score (nSPS) is 11.4. The van der Waals surface area contributed by atoms with Crippen molar-refractivity contribution in [3.63, 3.8) is 0 Å². The van der Waals surface area contributed by atoms with Gasteiger partial charge in [-0.1, -0.05) is 24.3 Å². The summed E-state index contributed by atoms with van der Waals surface area (Å²) in [5.74, 6) is 0.297. The molecule has 1 N–H and O–H groups in total. The van der Waals surface area contributed by atoms with Crippen molar-refractivity contribution in [2.75, 3.05) is 20.6 Å². The van der Waals surface area contributed by atoms with Crippen LogP contribution in [0.3, 0.4) is 0 Å². The van der Waals surface area contributed by atoms with Crippen molar-refractivity contribution in [2.45, 2.75) is 13.0 Å². The molecule has 0 unspecified atom stereocenters. The van der Waals surface area contributed by atoms with Crippen molar-refractivity contribution in [1.29, 1.82) is 0 Å². The summed E-state index contributed by atoms with van der Waals surface area (Å²) in [5.41, 5.74) is 2.07. The lowest BCUT2D eigenvalue weighted by atomic mass is 10.1. The molecule has 0 aromatic heterocycles. The molecule has 0 saturated carbocycles. The van der Waals surface area contributed by atoms with E-state index in [0.717, 1.165) is 23.5 Å². The van der Waals surface area contributed by atoms with Crippen molar-refractivity contribution in [2.24, 2.45) is 4.99 Å². The molecular weight excluding hydrogens is 296 g/mol. The molecule has 0 amide bonds. The molecule has 0 fully saturated rings. The van der Waals surface area contributed by atoms with Crippen molar-refractivity contribution in [3.05, 3.63) is 71.3 Å². The molecule has 122 valence electrons. The summed E-state index contributed by atoms with van der Waals surface area (Å²) in [5, 5.41) is 3.27.